The Balaban J connectivity index is 2.10. The molecule has 0 aromatic carbocycles. The van der Waals surface area contributed by atoms with Crippen molar-refractivity contribution in [3.8, 4) is 0 Å². The van der Waals surface area contributed by atoms with E-state index in [0.717, 1.165) is 17.4 Å². The Bertz CT molecular complexity index is 452. The highest BCUT2D eigenvalue weighted by Crippen LogP contribution is 2.23. The third-order valence-corrected chi connectivity index (χ3v) is 4.47. The van der Waals surface area contributed by atoms with E-state index < -0.39 is 0 Å². The molecule has 0 aliphatic carbocycles. The number of hydrogen-bond acceptors (Lipinski definition) is 3. The number of aliphatic imine (C=N–C) groups is 1. The first-order chi connectivity index (χ1) is 8.47. The van der Waals surface area contributed by atoms with Gasteiger partial charge in [-0.25, -0.2) is 0 Å². The first-order valence-electron chi connectivity index (χ1n) is 6.44. The molecule has 1 fully saturated rings. The number of amidine groups is 1. The number of hydrogen-bond donors (Lipinski definition) is 1. The third-order valence-electron chi connectivity index (χ3n) is 3.41. The minimum Gasteiger partial charge on any atom is -0.362 e. The molecule has 1 N–H and O–H groups in total. The fourth-order valence-corrected chi connectivity index (χ4v) is 3.49. The standard InChI is InChI=1S/C13H22N4S/c1-8-6-9(2)18-13(15-8)14-7-12-10(3)16-17(5)11(12)4/h8-9H,6-7H2,1-5H3,(H,14,15). The molecular weight excluding hydrogens is 244 g/mol. The molecule has 2 unspecified atom stereocenters. The Hall–Kier alpha value is -0.970. The van der Waals surface area contributed by atoms with Crippen molar-refractivity contribution >= 4 is 16.9 Å². The summed E-state index contributed by atoms with van der Waals surface area (Å²) >= 11 is 1.84. The zero-order valence-corrected chi connectivity index (χ0v) is 12.6. The number of nitrogens with zero attached hydrogens (tertiary/aromatic N) is 3. The Labute approximate surface area is 113 Å². The molecule has 0 saturated carbocycles. The van der Waals surface area contributed by atoms with Crippen molar-refractivity contribution in [2.24, 2.45) is 12.0 Å². The molecule has 1 aromatic heterocycles. The van der Waals surface area contributed by atoms with E-state index >= 15 is 0 Å². The maximum Gasteiger partial charge on any atom is 0.157 e. The van der Waals surface area contributed by atoms with Crippen LogP contribution in [0, 0.1) is 13.8 Å². The van der Waals surface area contributed by atoms with Crippen molar-refractivity contribution in [1.82, 2.24) is 15.1 Å². The van der Waals surface area contributed by atoms with E-state index in [1.165, 1.54) is 17.7 Å². The molecule has 0 bridgehead atoms. The average Bonchev–Trinajstić information content (AvgIpc) is 2.50. The van der Waals surface area contributed by atoms with Gasteiger partial charge >= 0.3 is 0 Å². The second-order valence-electron chi connectivity index (χ2n) is 5.10. The number of aromatic nitrogens is 2. The lowest BCUT2D eigenvalue weighted by Gasteiger charge is -2.26. The molecule has 1 saturated heterocycles. The molecule has 18 heavy (non-hydrogen) atoms. The second-order valence-corrected chi connectivity index (χ2v) is 6.53. The molecule has 1 aromatic rings. The van der Waals surface area contributed by atoms with Gasteiger partial charge in [-0.05, 0) is 27.2 Å². The van der Waals surface area contributed by atoms with Gasteiger partial charge in [0.15, 0.2) is 5.17 Å². The van der Waals surface area contributed by atoms with Gasteiger partial charge in [0.1, 0.15) is 0 Å². The van der Waals surface area contributed by atoms with Crippen LogP contribution in [0.25, 0.3) is 0 Å². The summed E-state index contributed by atoms with van der Waals surface area (Å²) in [6.07, 6.45) is 1.20. The molecule has 4 nitrogen and oxygen atoms in total. The van der Waals surface area contributed by atoms with Crippen molar-refractivity contribution in [1.29, 1.82) is 0 Å². The summed E-state index contributed by atoms with van der Waals surface area (Å²) in [5.41, 5.74) is 3.54. The van der Waals surface area contributed by atoms with Gasteiger partial charge in [0.2, 0.25) is 0 Å². The fourth-order valence-electron chi connectivity index (χ4n) is 2.32. The predicted molar refractivity (Wildman–Crippen MR) is 78.1 cm³/mol. The monoisotopic (exact) mass is 266 g/mol. The van der Waals surface area contributed by atoms with Gasteiger partial charge in [-0.15, -0.1) is 0 Å². The molecule has 1 aliphatic rings. The molecule has 5 heteroatoms. The van der Waals surface area contributed by atoms with E-state index in [0.29, 0.717) is 11.3 Å². The Morgan fingerprint density at radius 2 is 2.17 bits per heavy atom. The van der Waals surface area contributed by atoms with Gasteiger partial charge in [0, 0.05) is 29.6 Å². The summed E-state index contributed by atoms with van der Waals surface area (Å²) < 4.78 is 1.93. The van der Waals surface area contributed by atoms with Crippen LogP contribution in [0.4, 0.5) is 0 Å². The molecule has 100 valence electrons. The lowest BCUT2D eigenvalue weighted by Crippen LogP contribution is -2.38. The second kappa shape index (κ2) is 5.34. The highest BCUT2D eigenvalue weighted by molar-refractivity contribution is 8.14. The normalized spacial score (nSPS) is 26.4. The van der Waals surface area contributed by atoms with E-state index in [1.807, 2.05) is 23.5 Å². The molecule has 2 heterocycles. The van der Waals surface area contributed by atoms with Crippen LogP contribution in [-0.2, 0) is 13.6 Å². The van der Waals surface area contributed by atoms with Gasteiger partial charge in [-0.1, -0.05) is 18.7 Å². The maximum absolute atomic E-state index is 4.70. The van der Waals surface area contributed by atoms with Gasteiger partial charge in [0.05, 0.1) is 12.2 Å². The zero-order valence-electron chi connectivity index (χ0n) is 11.8. The summed E-state index contributed by atoms with van der Waals surface area (Å²) in [5, 5.41) is 9.60. The molecule has 2 atom stereocenters. The van der Waals surface area contributed by atoms with E-state index in [1.54, 1.807) is 0 Å². The first-order valence-corrected chi connectivity index (χ1v) is 7.32. The predicted octanol–water partition coefficient (Wildman–Crippen LogP) is 2.40. The molecule has 0 amide bonds. The van der Waals surface area contributed by atoms with Gasteiger partial charge in [-0.2, -0.15) is 5.10 Å². The van der Waals surface area contributed by atoms with Crippen molar-refractivity contribution in [2.75, 3.05) is 0 Å². The first kappa shape index (κ1) is 13.5. The van der Waals surface area contributed by atoms with E-state index in [9.17, 15) is 0 Å². The molecule has 0 spiro atoms. The molecule has 2 rings (SSSR count). The number of nitrogens with one attached hydrogen (secondary N) is 1. The summed E-state index contributed by atoms with van der Waals surface area (Å²) in [4.78, 5) is 4.70. The lowest BCUT2D eigenvalue weighted by molar-refractivity contribution is 0.597. The quantitative estimate of drug-likeness (QED) is 0.894. The summed E-state index contributed by atoms with van der Waals surface area (Å²) in [6.45, 7) is 9.35. The largest absolute Gasteiger partial charge is 0.362 e. The van der Waals surface area contributed by atoms with Gasteiger partial charge < -0.3 is 5.32 Å². The molecular formula is C13H22N4S. The van der Waals surface area contributed by atoms with Crippen molar-refractivity contribution in [3.05, 3.63) is 17.0 Å². The van der Waals surface area contributed by atoms with E-state index in [2.05, 4.69) is 38.1 Å². The Morgan fingerprint density at radius 1 is 1.44 bits per heavy atom. The smallest absolute Gasteiger partial charge is 0.157 e. The van der Waals surface area contributed by atoms with Crippen LogP contribution in [-0.4, -0.2) is 26.2 Å². The van der Waals surface area contributed by atoms with Gasteiger partial charge in [-0.3, -0.25) is 9.67 Å². The third kappa shape index (κ3) is 2.88. The zero-order chi connectivity index (χ0) is 13.3. The Kier molecular flexibility index (Phi) is 4.00. The topological polar surface area (TPSA) is 42.2 Å². The number of thioether (sulfide) groups is 1. The highest BCUT2D eigenvalue weighted by Gasteiger charge is 2.19. The van der Waals surface area contributed by atoms with E-state index in [-0.39, 0.29) is 0 Å². The van der Waals surface area contributed by atoms with Crippen LogP contribution in [0.15, 0.2) is 4.99 Å². The SMILES string of the molecule is Cc1nn(C)c(C)c1CN=C1NC(C)CC(C)S1. The van der Waals surface area contributed by atoms with Crippen molar-refractivity contribution < 1.29 is 0 Å². The summed E-state index contributed by atoms with van der Waals surface area (Å²) in [6, 6.07) is 0.524. The fraction of sp³-hybridized carbons (Fsp3) is 0.692. The van der Waals surface area contributed by atoms with Crippen molar-refractivity contribution in [2.45, 2.75) is 52.0 Å². The van der Waals surface area contributed by atoms with Gasteiger partial charge in [0.25, 0.3) is 0 Å². The van der Waals surface area contributed by atoms with Crippen molar-refractivity contribution in [3.63, 3.8) is 0 Å². The minimum atomic E-state index is 0.524. The number of aryl methyl sites for hydroxylation is 2. The summed E-state index contributed by atoms with van der Waals surface area (Å²) in [7, 11) is 1.98. The average molecular weight is 266 g/mol. The number of rotatable bonds is 2. The van der Waals surface area contributed by atoms with E-state index in [4.69, 9.17) is 4.99 Å². The highest BCUT2D eigenvalue weighted by atomic mass is 32.2. The Morgan fingerprint density at radius 3 is 2.72 bits per heavy atom. The lowest BCUT2D eigenvalue weighted by atomic mass is 10.2. The van der Waals surface area contributed by atoms with Crippen LogP contribution in [0.3, 0.4) is 0 Å². The molecule has 0 radical (unpaired) electrons. The minimum absolute atomic E-state index is 0.524. The van der Waals surface area contributed by atoms with Crippen LogP contribution < -0.4 is 5.32 Å². The van der Waals surface area contributed by atoms with Crippen LogP contribution in [0.1, 0.15) is 37.2 Å². The summed E-state index contributed by atoms with van der Waals surface area (Å²) in [5.74, 6) is 0. The van der Waals surface area contributed by atoms with Crippen LogP contribution >= 0.6 is 11.8 Å². The van der Waals surface area contributed by atoms with Crippen LogP contribution in [0.5, 0.6) is 0 Å². The van der Waals surface area contributed by atoms with Crippen LogP contribution in [0.2, 0.25) is 0 Å². The molecule has 1 aliphatic heterocycles. The maximum atomic E-state index is 4.70.